The molecule has 67 valence electrons. The van der Waals surface area contributed by atoms with Crippen molar-refractivity contribution in [2.24, 2.45) is 5.73 Å². The summed E-state index contributed by atoms with van der Waals surface area (Å²) in [6.45, 7) is 4.04. The molecule has 0 bridgehead atoms. The first kappa shape index (κ1) is 8.83. The second kappa shape index (κ2) is 3.42. The van der Waals surface area contributed by atoms with Crippen LogP contribution < -0.4 is 11.1 Å². The second-order valence-electron chi connectivity index (χ2n) is 2.85. The zero-order valence-electron chi connectivity index (χ0n) is 7.16. The van der Waals surface area contributed by atoms with E-state index in [0.29, 0.717) is 26.2 Å². The Balaban J connectivity index is 2.39. The zero-order valence-corrected chi connectivity index (χ0v) is 7.16. The molecular weight excluding hydrogens is 156 g/mol. The molecule has 1 rings (SSSR count). The van der Waals surface area contributed by atoms with E-state index in [4.69, 9.17) is 11.1 Å². The predicted octanol–water partition coefficient (Wildman–Crippen LogP) is -1.73. The van der Waals surface area contributed by atoms with Crippen LogP contribution >= 0.6 is 0 Å². The van der Waals surface area contributed by atoms with Crippen LogP contribution in [0.5, 0.6) is 0 Å². The van der Waals surface area contributed by atoms with Crippen LogP contribution in [0.4, 0.5) is 0 Å². The van der Waals surface area contributed by atoms with Crippen molar-refractivity contribution in [1.29, 1.82) is 0 Å². The molecule has 1 saturated heterocycles. The van der Waals surface area contributed by atoms with Gasteiger partial charge in [-0.2, -0.15) is 0 Å². The topological polar surface area (TPSA) is 71.9 Å². The molecule has 0 aromatic carbocycles. The highest BCUT2D eigenvalue weighted by Crippen LogP contribution is 1.99. The fourth-order valence-corrected chi connectivity index (χ4v) is 1.25. The van der Waals surface area contributed by atoms with Crippen molar-refractivity contribution in [3.8, 4) is 0 Å². The Bertz CT molecular complexity index is 174. The largest absolute Gasteiger partial charge is 0.368 e. The number of nitrogens with zero attached hydrogens (tertiary/aromatic N) is 3. The van der Waals surface area contributed by atoms with E-state index in [9.17, 15) is 4.79 Å². The fraction of sp³-hybridized carbons (Fsp3) is 0.714. The van der Waals surface area contributed by atoms with Gasteiger partial charge in [-0.05, 0) is 0 Å². The molecule has 1 amide bonds. The van der Waals surface area contributed by atoms with E-state index in [1.807, 2.05) is 0 Å². The first-order valence-electron chi connectivity index (χ1n) is 3.93. The van der Waals surface area contributed by atoms with E-state index in [0.717, 1.165) is 0 Å². The number of piperazine rings is 1. The Morgan fingerprint density at radius 2 is 1.67 bits per heavy atom. The van der Waals surface area contributed by atoms with Gasteiger partial charge >= 0.3 is 0 Å². The van der Waals surface area contributed by atoms with Crippen LogP contribution in [0.2, 0.25) is 0 Å². The first-order chi connectivity index (χ1) is 5.61. The van der Waals surface area contributed by atoms with E-state index >= 15 is 0 Å². The smallest absolute Gasteiger partial charge is 0.219 e. The van der Waals surface area contributed by atoms with Crippen molar-refractivity contribution in [2.45, 2.75) is 6.92 Å². The molecule has 1 aliphatic heterocycles. The van der Waals surface area contributed by atoms with Crippen molar-refractivity contribution < 1.29 is 4.79 Å². The van der Waals surface area contributed by atoms with Crippen molar-refractivity contribution in [3.63, 3.8) is 0 Å². The summed E-state index contributed by atoms with van der Waals surface area (Å²) in [6.07, 6.45) is 0. The van der Waals surface area contributed by atoms with Gasteiger partial charge in [-0.1, -0.05) is 0 Å². The molecule has 0 unspecified atom stereocenters. The van der Waals surface area contributed by atoms with Crippen LogP contribution in [0.1, 0.15) is 6.92 Å². The Morgan fingerprint density at radius 3 is 2.00 bits per heavy atom. The summed E-state index contributed by atoms with van der Waals surface area (Å²) in [4.78, 5) is 14.3. The Kier molecular flexibility index (Phi) is 2.52. The van der Waals surface area contributed by atoms with Crippen molar-refractivity contribution in [3.05, 3.63) is 0 Å². The minimum Gasteiger partial charge on any atom is -0.368 e. The van der Waals surface area contributed by atoms with Gasteiger partial charge in [0.25, 0.3) is 0 Å². The van der Waals surface area contributed by atoms with Gasteiger partial charge in [-0.25, -0.2) is 0 Å². The summed E-state index contributed by atoms with van der Waals surface area (Å²) in [5.74, 6) is -0.0793. The van der Waals surface area contributed by atoms with E-state index in [1.54, 1.807) is 16.7 Å². The van der Waals surface area contributed by atoms with Crippen molar-refractivity contribution in [1.82, 2.24) is 15.2 Å². The maximum Gasteiger partial charge on any atom is 0.219 e. The number of amides is 1. The molecule has 0 atom stereocenters. The van der Waals surface area contributed by atoms with E-state index in [2.05, 4.69) is 0 Å². The molecule has 0 saturated carbocycles. The summed E-state index contributed by atoms with van der Waals surface area (Å²) >= 11 is 0. The normalized spacial score (nSPS) is 17.8. The van der Waals surface area contributed by atoms with E-state index in [-0.39, 0.29) is 11.9 Å². The molecular formula is C7H13N4O. The Morgan fingerprint density at radius 1 is 1.25 bits per heavy atom. The number of hydrogen-bond acceptors (Lipinski definition) is 1. The molecule has 2 N–H and O–H groups in total. The third-order valence-electron chi connectivity index (χ3n) is 2.05. The van der Waals surface area contributed by atoms with Crippen LogP contribution in [0.25, 0.3) is 0 Å². The maximum absolute atomic E-state index is 10.9. The van der Waals surface area contributed by atoms with E-state index < -0.39 is 0 Å². The quantitative estimate of drug-likeness (QED) is 0.346. The van der Waals surface area contributed by atoms with Gasteiger partial charge in [0.2, 0.25) is 11.9 Å². The summed E-state index contributed by atoms with van der Waals surface area (Å²) in [7, 11) is 0. The SMILES string of the molecule is CC(=O)N1CCN(C(=[N])N)CC1. The lowest BCUT2D eigenvalue weighted by molar-refractivity contribution is -0.130. The number of rotatable bonds is 0. The monoisotopic (exact) mass is 169 g/mol. The van der Waals surface area contributed by atoms with Gasteiger partial charge in [0.05, 0.1) is 0 Å². The molecule has 0 aliphatic carbocycles. The second-order valence-corrected chi connectivity index (χ2v) is 2.85. The maximum atomic E-state index is 10.9. The number of hydrogen-bond donors (Lipinski definition) is 1. The van der Waals surface area contributed by atoms with Crippen LogP contribution in [-0.2, 0) is 4.79 Å². The zero-order chi connectivity index (χ0) is 9.14. The average molecular weight is 169 g/mol. The molecule has 1 heterocycles. The van der Waals surface area contributed by atoms with Gasteiger partial charge in [-0.3, -0.25) is 4.79 Å². The molecule has 1 fully saturated rings. The van der Waals surface area contributed by atoms with Crippen LogP contribution in [-0.4, -0.2) is 47.8 Å². The predicted molar refractivity (Wildman–Crippen MR) is 45.2 cm³/mol. The molecule has 1 radical (unpaired) electrons. The lowest BCUT2D eigenvalue weighted by Gasteiger charge is -2.33. The summed E-state index contributed by atoms with van der Waals surface area (Å²) < 4.78 is 0. The third-order valence-corrected chi connectivity index (χ3v) is 2.05. The highest BCUT2D eigenvalue weighted by Gasteiger charge is 2.18. The highest BCUT2D eigenvalue weighted by molar-refractivity contribution is 5.77. The third kappa shape index (κ3) is 1.87. The lowest BCUT2D eigenvalue weighted by atomic mass is 10.3. The van der Waals surface area contributed by atoms with Crippen LogP contribution in [0, 0.1) is 0 Å². The van der Waals surface area contributed by atoms with Gasteiger partial charge in [0.1, 0.15) is 0 Å². The minimum atomic E-state index is -0.154. The van der Waals surface area contributed by atoms with Crippen LogP contribution in [0.3, 0.4) is 0 Å². The Labute approximate surface area is 71.6 Å². The molecule has 0 spiro atoms. The summed E-state index contributed by atoms with van der Waals surface area (Å²) in [5, 5.41) is 8.92. The van der Waals surface area contributed by atoms with Gasteiger partial charge in [-0.15, -0.1) is 5.41 Å². The van der Waals surface area contributed by atoms with Crippen molar-refractivity contribution in [2.75, 3.05) is 26.2 Å². The molecule has 12 heavy (non-hydrogen) atoms. The van der Waals surface area contributed by atoms with Gasteiger partial charge in [0, 0.05) is 33.1 Å². The Hall–Kier alpha value is -1.26. The van der Waals surface area contributed by atoms with Crippen molar-refractivity contribution >= 4 is 11.9 Å². The minimum absolute atomic E-state index is 0.0751. The molecule has 5 nitrogen and oxygen atoms in total. The molecule has 0 aromatic rings. The number of nitrogens with two attached hydrogens (primary N) is 1. The number of carbonyl (C=O) groups is 1. The summed E-state index contributed by atoms with van der Waals surface area (Å²) in [5.41, 5.74) is 5.18. The number of carbonyl (C=O) groups excluding carboxylic acids is 1. The van der Waals surface area contributed by atoms with Crippen LogP contribution in [0.15, 0.2) is 0 Å². The highest BCUT2D eigenvalue weighted by atomic mass is 16.2. The van der Waals surface area contributed by atoms with Gasteiger partial charge < -0.3 is 15.5 Å². The van der Waals surface area contributed by atoms with E-state index in [1.165, 1.54) is 0 Å². The number of guanidine groups is 1. The molecule has 1 aliphatic rings. The first-order valence-corrected chi connectivity index (χ1v) is 3.93. The van der Waals surface area contributed by atoms with Gasteiger partial charge in [0.15, 0.2) is 0 Å². The fourth-order valence-electron chi connectivity index (χ4n) is 1.25. The standard InChI is InChI=1S/C7H13N4O/c1-6(12)10-2-4-11(5-3-10)7(8)9/h2-5,8H2,1H3. The molecule has 0 aromatic heterocycles. The average Bonchev–Trinajstić information content (AvgIpc) is 2.04. The molecule has 5 heteroatoms. The lowest BCUT2D eigenvalue weighted by Crippen LogP contribution is -2.52. The summed E-state index contributed by atoms with van der Waals surface area (Å²) in [6, 6.07) is 0.